The molecule has 2 unspecified atom stereocenters. The summed E-state index contributed by atoms with van der Waals surface area (Å²) in [6.07, 6.45) is 10.4. The number of hydrogen-bond acceptors (Lipinski definition) is 6. The molecule has 1 aromatic carbocycles. The quantitative estimate of drug-likeness (QED) is 0.304. The molecule has 3 atom stereocenters. The number of nitrogens with one attached hydrogen (secondary N) is 1. The van der Waals surface area contributed by atoms with Gasteiger partial charge in [-0.1, -0.05) is 51.5 Å². The van der Waals surface area contributed by atoms with Crippen molar-refractivity contribution in [3.8, 4) is 11.5 Å². The first-order valence-electron chi connectivity index (χ1n) is 12.4. The van der Waals surface area contributed by atoms with Gasteiger partial charge >= 0.3 is 0 Å². The molecule has 3 rings (SSSR count). The minimum Gasteiger partial charge on any atom is -0.486 e. The number of likely N-dealkylation sites (tertiary alicyclic amines) is 1. The van der Waals surface area contributed by atoms with E-state index in [0.717, 1.165) is 50.2 Å². The fourth-order valence-electron chi connectivity index (χ4n) is 4.59. The van der Waals surface area contributed by atoms with Crippen molar-refractivity contribution in [2.24, 2.45) is 0 Å². The van der Waals surface area contributed by atoms with Crippen molar-refractivity contribution in [1.82, 2.24) is 10.2 Å². The molecule has 6 heteroatoms. The van der Waals surface area contributed by atoms with E-state index in [1.54, 1.807) is 0 Å². The standard InChI is InChI=1S/C25H42N2O4/c1-2-3-4-5-6-7-8-11-24(28)26-21(19-27-14-9-10-15-27)25(29)20-12-13-22-23(18-20)31-17-16-30-22/h12-13,18,21,24-26,28-29H,2-11,14-17,19H2,1H3/t21-,24?,25?/m1/s1. The Morgan fingerprint density at radius 2 is 1.61 bits per heavy atom. The van der Waals surface area contributed by atoms with Crippen LogP contribution in [-0.4, -0.2) is 60.2 Å². The monoisotopic (exact) mass is 434 g/mol. The Labute approximate surface area is 187 Å². The van der Waals surface area contributed by atoms with Crippen LogP contribution in [0.3, 0.4) is 0 Å². The predicted octanol–water partition coefficient (Wildman–Crippen LogP) is 4.00. The number of aliphatic hydroxyl groups is 2. The smallest absolute Gasteiger partial charge is 0.161 e. The molecular weight excluding hydrogens is 392 g/mol. The average molecular weight is 435 g/mol. The van der Waals surface area contributed by atoms with Crippen molar-refractivity contribution < 1.29 is 19.7 Å². The van der Waals surface area contributed by atoms with Crippen LogP contribution in [0.1, 0.15) is 82.8 Å². The molecule has 0 spiro atoms. The summed E-state index contributed by atoms with van der Waals surface area (Å²) in [7, 11) is 0. The molecule has 1 saturated heterocycles. The van der Waals surface area contributed by atoms with Gasteiger partial charge in [-0.05, 0) is 56.5 Å². The van der Waals surface area contributed by atoms with Crippen molar-refractivity contribution in [1.29, 1.82) is 0 Å². The maximum atomic E-state index is 11.2. The molecule has 1 aromatic rings. The van der Waals surface area contributed by atoms with Crippen molar-refractivity contribution in [3.63, 3.8) is 0 Å². The molecule has 0 saturated carbocycles. The first-order valence-corrected chi connectivity index (χ1v) is 12.4. The molecule has 0 aliphatic carbocycles. The molecule has 2 aliphatic heterocycles. The number of unbranched alkanes of at least 4 members (excludes halogenated alkanes) is 6. The van der Waals surface area contributed by atoms with Gasteiger partial charge in [-0.3, -0.25) is 5.32 Å². The van der Waals surface area contributed by atoms with Gasteiger partial charge in [-0.15, -0.1) is 0 Å². The highest BCUT2D eigenvalue weighted by atomic mass is 16.6. The molecular formula is C25H42N2O4. The van der Waals surface area contributed by atoms with E-state index >= 15 is 0 Å². The minimum absolute atomic E-state index is 0.236. The third-order valence-corrected chi connectivity index (χ3v) is 6.43. The van der Waals surface area contributed by atoms with Crippen LogP contribution in [0.15, 0.2) is 18.2 Å². The minimum atomic E-state index is -0.722. The van der Waals surface area contributed by atoms with Crippen molar-refractivity contribution >= 4 is 0 Å². The lowest BCUT2D eigenvalue weighted by molar-refractivity contribution is 0.0462. The molecule has 1 fully saturated rings. The molecule has 0 aromatic heterocycles. The summed E-state index contributed by atoms with van der Waals surface area (Å²) in [5.74, 6) is 1.41. The average Bonchev–Trinajstić information content (AvgIpc) is 3.30. The van der Waals surface area contributed by atoms with Gasteiger partial charge < -0.3 is 24.6 Å². The lowest BCUT2D eigenvalue weighted by Gasteiger charge is -2.31. The van der Waals surface area contributed by atoms with E-state index in [-0.39, 0.29) is 6.04 Å². The summed E-state index contributed by atoms with van der Waals surface area (Å²) < 4.78 is 11.3. The summed E-state index contributed by atoms with van der Waals surface area (Å²) in [4.78, 5) is 2.37. The second-order valence-electron chi connectivity index (χ2n) is 9.05. The van der Waals surface area contributed by atoms with Gasteiger partial charge in [0.2, 0.25) is 0 Å². The summed E-state index contributed by atoms with van der Waals surface area (Å²) >= 11 is 0. The second kappa shape index (κ2) is 13.3. The molecule has 0 radical (unpaired) electrons. The number of ether oxygens (including phenoxy) is 2. The van der Waals surface area contributed by atoms with Crippen LogP contribution in [0.2, 0.25) is 0 Å². The van der Waals surface area contributed by atoms with Gasteiger partial charge in [0.05, 0.1) is 12.1 Å². The Morgan fingerprint density at radius 3 is 2.35 bits per heavy atom. The van der Waals surface area contributed by atoms with Gasteiger partial charge in [0.15, 0.2) is 11.5 Å². The first-order chi connectivity index (χ1) is 15.2. The Morgan fingerprint density at radius 1 is 0.935 bits per heavy atom. The molecule has 0 amide bonds. The van der Waals surface area contributed by atoms with E-state index in [2.05, 4.69) is 17.1 Å². The molecule has 3 N–H and O–H groups in total. The Kier molecular flexibility index (Phi) is 10.4. The van der Waals surface area contributed by atoms with Crippen LogP contribution < -0.4 is 14.8 Å². The second-order valence-corrected chi connectivity index (χ2v) is 9.05. The number of fused-ring (bicyclic) bond motifs is 1. The van der Waals surface area contributed by atoms with Crippen molar-refractivity contribution in [2.75, 3.05) is 32.8 Å². The van der Waals surface area contributed by atoms with Gasteiger partial charge in [0, 0.05) is 6.54 Å². The predicted molar refractivity (Wildman–Crippen MR) is 124 cm³/mol. The zero-order valence-electron chi connectivity index (χ0n) is 19.2. The Hall–Kier alpha value is -1.34. The zero-order valence-corrected chi connectivity index (χ0v) is 19.2. The molecule has 2 heterocycles. The molecule has 6 nitrogen and oxygen atoms in total. The summed E-state index contributed by atoms with van der Waals surface area (Å²) in [5, 5.41) is 25.1. The fraction of sp³-hybridized carbons (Fsp3) is 0.760. The lowest BCUT2D eigenvalue weighted by Crippen LogP contribution is -2.48. The highest BCUT2D eigenvalue weighted by Gasteiger charge is 2.27. The summed E-state index contributed by atoms with van der Waals surface area (Å²) in [5.41, 5.74) is 0.795. The van der Waals surface area contributed by atoms with Crippen LogP contribution in [-0.2, 0) is 0 Å². The van der Waals surface area contributed by atoms with Gasteiger partial charge in [0.1, 0.15) is 19.4 Å². The highest BCUT2D eigenvalue weighted by molar-refractivity contribution is 5.44. The van der Waals surface area contributed by atoms with E-state index in [9.17, 15) is 10.2 Å². The third-order valence-electron chi connectivity index (χ3n) is 6.43. The van der Waals surface area contributed by atoms with Crippen LogP contribution in [0.5, 0.6) is 11.5 Å². The SMILES string of the molecule is CCCCCCCCCC(O)N[C@H](CN1CCCC1)C(O)c1ccc2c(c1)OCCO2. The molecule has 0 bridgehead atoms. The van der Waals surface area contributed by atoms with Crippen LogP contribution in [0.25, 0.3) is 0 Å². The van der Waals surface area contributed by atoms with Crippen LogP contribution in [0, 0.1) is 0 Å². The fourth-order valence-corrected chi connectivity index (χ4v) is 4.59. The number of hydrogen-bond donors (Lipinski definition) is 3. The van der Waals surface area contributed by atoms with Crippen LogP contribution >= 0.6 is 0 Å². The highest BCUT2D eigenvalue weighted by Crippen LogP contribution is 2.33. The van der Waals surface area contributed by atoms with E-state index in [1.807, 2.05) is 18.2 Å². The Balaban J connectivity index is 1.53. The number of nitrogens with zero attached hydrogens (tertiary/aromatic N) is 1. The maximum absolute atomic E-state index is 11.2. The molecule has 31 heavy (non-hydrogen) atoms. The van der Waals surface area contributed by atoms with E-state index in [4.69, 9.17) is 9.47 Å². The first kappa shape index (κ1) is 24.3. The summed E-state index contributed by atoms with van der Waals surface area (Å²) in [6, 6.07) is 5.41. The third kappa shape index (κ3) is 7.94. The van der Waals surface area contributed by atoms with Gasteiger partial charge in [-0.2, -0.15) is 0 Å². The van der Waals surface area contributed by atoms with Crippen LogP contribution in [0.4, 0.5) is 0 Å². The maximum Gasteiger partial charge on any atom is 0.161 e. The number of aliphatic hydroxyl groups excluding tert-OH is 2. The van der Waals surface area contributed by atoms with Crippen molar-refractivity contribution in [2.45, 2.75) is 89.5 Å². The number of rotatable bonds is 14. The van der Waals surface area contributed by atoms with Crippen molar-refractivity contribution in [3.05, 3.63) is 23.8 Å². The molecule has 2 aliphatic rings. The topological polar surface area (TPSA) is 74.2 Å². The zero-order chi connectivity index (χ0) is 21.9. The lowest BCUT2D eigenvalue weighted by atomic mass is 10.00. The van der Waals surface area contributed by atoms with E-state index < -0.39 is 12.3 Å². The van der Waals surface area contributed by atoms with Gasteiger partial charge in [0.25, 0.3) is 0 Å². The van der Waals surface area contributed by atoms with E-state index in [1.165, 1.54) is 44.9 Å². The summed E-state index contributed by atoms with van der Waals surface area (Å²) in [6.45, 7) is 6.15. The normalized spacial score (nSPS) is 19.3. The largest absolute Gasteiger partial charge is 0.486 e. The van der Waals surface area contributed by atoms with E-state index in [0.29, 0.717) is 19.0 Å². The van der Waals surface area contributed by atoms with Gasteiger partial charge in [-0.25, -0.2) is 0 Å². The molecule has 176 valence electrons. The Bertz CT molecular complexity index is 636. The number of benzene rings is 1.